The highest BCUT2D eigenvalue weighted by Crippen LogP contribution is 2.20. The molecule has 0 aliphatic rings. The van der Waals surface area contributed by atoms with Gasteiger partial charge >= 0.3 is 0 Å². The molecule has 5 nitrogen and oxygen atoms in total. The minimum Gasteiger partial charge on any atom is -0.258 e. The summed E-state index contributed by atoms with van der Waals surface area (Å²) in [4.78, 5) is 10.0. The molecule has 15 heavy (non-hydrogen) atoms. The van der Waals surface area contributed by atoms with Crippen molar-refractivity contribution in [3.63, 3.8) is 0 Å². The van der Waals surface area contributed by atoms with Crippen LogP contribution in [0.4, 0.5) is 5.69 Å². The van der Waals surface area contributed by atoms with Crippen LogP contribution in [0.5, 0.6) is 0 Å². The van der Waals surface area contributed by atoms with E-state index in [1.165, 1.54) is 25.1 Å². The van der Waals surface area contributed by atoms with Crippen LogP contribution in [0.25, 0.3) is 0 Å². The van der Waals surface area contributed by atoms with Crippen molar-refractivity contribution in [3.8, 4) is 0 Å². The number of sulfone groups is 1. The molecule has 0 unspecified atom stereocenters. The maximum absolute atomic E-state index is 11.3. The topological polar surface area (TPSA) is 77.3 Å². The van der Waals surface area contributed by atoms with Crippen LogP contribution in [0.1, 0.15) is 12.5 Å². The lowest BCUT2D eigenvalue weighted by Gasteiger charge is -2.02. The summed E-state index contributed by atoms with van der Waals surface area (Å²) in [6.07, 6.45) is 0. The Morgan fingerprint density at radius 3 is 2.47 bits per heavy atom. The summed E-state index contributed by atoms with van der Waals surface area (Å²) in [5, 5.41) is 10.6. The number of nitro benzene ring substituents is 1. The molecule has 1 aromatic carbocycles. The molecule has 0 aromatic heterocycles. The molecule has 0 aliphatic heterocycles. The summed E-state index contributed by atoms with van der Waals surface area (Å²) in [5.41, 5.74) is 0.0962. The highest BCUT2D eigenvalue weighted by Gasteiger charge is 2.17. The normalized spacial score (nSPS) is 11.3. The van der Waals surface area contributed by atoms with Gasteiger partial charge in [0.05, 0.1) is 10.7 Å². The van der Waals surface area contributed by atoms with Crippen LogP contribution in [-0.2, 0) is 15.6 Å². The molecule has 6 heteroatoms. The smallest absolute Gasteiger partial charge is 0.258 e. The number of rotatable bonds is 4. The van der Waals surface area contributed by atoms with E-state index in [1.54, 1.807) is 6.07 Å². The van der Waals surface area contributed by atoms with E-state index in [2.05, 4.69) is 0 Å². The number of para-hydroxylation sites is 1. The summed E-state index contributed by atoms with van der Waals surface area (Å²) in [5.74, 6) is -0.292. The van der Waals surface area contributed by atoms with Crippen LogP contribution in [-0.4, -0.2) is 19.1 Å². The van der Waals surface area contributed by atoms with E-state index >= 15 is 0 Å². The standard InChI is InChI=1S/C9H11NO4S/c1-2-15(13,14)7-8-5-3-4-6-9(8)10(11)12/h3-6H,2,7H2,1H3. The zero-order valence-corrected chi connectivity index (χ0v) is 9.03. The van der Waals surface area contributed by atoms with Crippen LogP contribution >= 0.6 is 0 Å². The van der Waals surface area contributed by atoms with E-state index < -0.39 is 14.8 Å². The minimum absolute atomic E-state index is 0.0148. The highest BCUT2D eigenvalue weighted by atomic mass is 32.2. The van der Waals surface area contributed by atoms with Crippen LogP contribution in [0.3, 0.4) is 0 Å². The van der Waals surface area contributed by atoms with Crippen molar-refractivity contribution in [2.75, 3.05) is 5.75 Å². The monoisotopic (exact) mass is 229 g/mol. The van der Waals surface area contributed by atoms with E-state index in [4.69, 9.17) is 0 Å². The first-order valence-electron chi connectivity index (χ1n) is 4.39. The molecule has 0 saturated heterocycles. The van der Waals surface area contributed by atoms with Gasteiger partial charge in [0, 0.05) is 17.4 Å². The Morgan fingerprint density at radius 1 is 1.33 bits per heavy atom. The van der Waals surface area contributed by atoms with E-state index in [9.17, 15) is 18.5 Å². The van der Waals surface area contributed by atoms with Crippen molar-refractivity contribution in [2.24, 2.45) is 0 Å². The van der Waals surface area contributed by atoms with Gasteiger partial charge in [-0.2, -0.15) is 0 Å². The summed E-state index contributed by atoms with van der Waals surface area (Å²) in [7, 11) is -3.23. The zero-order valence-electron chi connectivity index (χ0n) is 8.21. The van der Waals surface area contributed by atoms with Gasteiger partial charge in [-0.1, -0.05) is 25.1 Å². The van der Waals surface area contributed by atoms with Gasteiger partial charge in [-0.25, -0.2) is 8.42 Å². The largest absolute Gasteiger partial charge is 0.273 e. The summed E-state index contributed by atoms with van der Waals surface area (Å²) < 4.78 is 22.6. The molecule has 0 fully saturated rings. The predicted molar refractivity (Wildman–Crippen MR) is 56.3 cm³/mol. The average Bonchev–Trinajstić information content (AvgIpc) is 2.18. The average molecular weight is 229 g/mol. The number of hydrogen-bond acceptors (Lipinski definition) is 4. The lowest BCUT2D eigenvalue weighted by Crippen LogP contribution is -2.08. The fourth-order valence-corrected chi connectivity index (χ4v) is 2.07. The van der Waals surface area contributed by atoms with E-state index in [0.29, 0.717) is 0 Å². The van der Waals surface area contributed by atoms with E-state index in [-0.39, 0.29) is 22.8 Å². The molecular weight excluding hydrogens is 218 g/mol. The number of hydrogen-bond donors (Lipinski definition) is 0. The van der Waals surface area contributed by atoms with E-state index in [0.717, 1.165) is 0 Å². The Bertz CT molecular complexity index is 467. The number of nitro groups is 1. The van der Waals surface area contributed by atoms with Crippen molar-refractivity contribution >= 4 is 15.5 Å². The predicted octanol–water partition coefficient (Wildman–Crippen LogP) is 1.53. The molecular formula is C9H11NO4S. The number of nitrogens with zero attached hydrogens (tertiary/aromatic N) is 1. The van der Waals surface area contributed by atoms with Gasteiger partial charge in [-0.3, -0.25) is 10.1 Å². The molecule has 82 valence electrons. The Kier molecular flexibility index (Phi) is 3.41. The van der Waals surface area contributed by atoms with Gasteiger partial charge in [0.2, 0.25) is 0 Å². The molecule has 0 radical (unpaired) electrons. The third-order valence-corrected chi connectivity index (χ3v) is 3.63. The molecule has 0 saturated carbocycles. The second kappa shape index (κ2) is 4.39. The Hall–Kier alpha value is -1.43. The lowest BCUT2D eigenvalue weighted by atomic mass is 10.2. The first-order chi connectivity index (χ1) is 6.96. The molecule has 0 heterocycles. The second-order valence-electron chi connectivity index (χ2n) is 3.06. The van der Waals surface area contributed by atoms with Gasteiger partial charge in [0.25, 0.3) is 5.69 Å². The van der Waals surface area contributed by atoms with Crippen molar-refractivity contribution < 1.29 is 13.3 Å². The third-order valence-electron chi connectivity index (χ3n) is 2.00. The lowest BCUT2D eigenvalue weighted by molar-refractivity contribution is -0.385. The fraction of sp³-hybridized carbons (Fsp3) is 0.333. The van der Waals surface area contributed by atoms with Gasteiger partial charge in [0.15, 0.2) is 9.84 Å². The second-order valence-corrected chi connectivity index (χ2v) is 5.42. The first-order valence-corrected chi connectivity index (χ1v) is 6.21. The van der Waals surface area contributed by atoms with Gasteiger partial charge in [0.1, 0.15) is 0 Å². The molecule has 1 rings (SSSR count). The maximum atomic E-state index is 11.3. The molecule has 0 bridgehead atoms. The van der Waals surface area contributed by atoms with Crippen molar-refractivity contribution in [1.82, 2.24) is 0 Å². The molecule has 1 aromatic rings. The number of benzene rings is 1. The third kappa shape index (κ3) is 3.02. The first kappa shape index (κ1) is 11.6. The van der Waals surface area contributed by atoms with Gasteiger partial charge in [-0.15, -0.1) is 0 Å². The van der Waals surface area contributed by atoms with Crippen molar-refractivity contribution in [2.45, 2.75) is 12.7 Å². The van der Waals surface area contributed by atoms with Crippen molar-refractivity contribution in [1.29, 1.82) is 0 Å². The molecule has 0 N–H and O–H groups in total. The molecule has 0 amide bonds. The Labute approximate surface area is 87.8 Å². The minimum atomic E-state index is -3.23. The summed E-state index contributed by atoms with van der Waals surface area (Å²) in [6, 6.07) is 5.87. The maximum Gasteiger partial charge on any atom is 0.273 e. The summed E-state index contributed by atoms with van der Waals surface area (Å²) in [6.45, 7) is 1.52. The molecule has 0 atom stereocenters. The quantitative estimate of drug-likeness (QED) is 0.579. The van der Waals surface area contributed by atoms with Crippen LogP contribution < -0.4 is 0 Å². The molecule has 0 spiro atoms. The van der Waals surface area contributed by atoms with Crippen molar-refractivity contribution in [3.05, 3.63) is 39.9 Å². The molecule has 0 aliphatic carbocycles. The van der Waals surface area contributed by atoms with E-state index in [1.807, 2.05) is 0 Å². The Balaban J connectivity index is 3.10. The van der Waals surface area contributed by atoms with Gasteiger partial charge < -0.3 is 0 Å². The summed E-state index contributed by atoms with van der Waals surface area (Å²) >= 11 is 0. The highest BCUT2D eigenvalue weighted by molar-refractivity contribution is 7.90. The fourth-order valence-electron chi connectivity index (χ4n) is 1.15. The SMILES string of the molecule is CCS(=O)(=O)Cc1ccccc1[N+](=O)[O-]. The van der Waals surface area contributed by atoms with Crippen LogP contribution in [0.2, 0.25) is 0 Å². The van der Waals surface area contributed by atoms with Crippen LogP contribution in [0.15, 0.2) is 24.3 Å². The van der Waals surface area contributed by atoms with Crippen LogP contribution in [0, 0.1) is 10.1 Å². The zero-order chi connectivity index (χ0) is 11.5. The Morgan fingerprint density at radius 2 is 1.93 bits per heavy atom. The van der Waals surface area contributed by atoms with Gasteiger partial charge in [-0.05, 0) is 0 Å².